The molecule has 10 aromatic rings. The van der Waals surface area contributed by atoms with Crippen molar-refractivity contribution in [1.29, 1.82) is 0 Å². The van der Waals surface area contributed by atoms with E-state index in [1.54, 1.807) is 102 Å². The highest BCUT2D eigenvalue weighted by molar-refractivity contribution is 7.15. The summed E-state index contributed by atoms with van der Waals surface area (Å²) in [6, 6.07) is 30.3. The SMILES string of the molecule is Cc1ccc(-c2cc(=O)n(C)c3ncc([C@](Cl)(c4ccc(Cl)cc4)c4cncn4C)cc23)s1.Cn1cncc1[C@@](O)(c1ccc(Cl)cc1)c1cnc2c(c1)c(-c1cccc(Cl)c1)cc(=O)n2C(F)(F)F. The number of aryl methyl sites for hydroxylation is 4. The van der Waals surface area contributed by atoms with E-state index in [9.17, 15) is 27.9 Å². The molecule has 7 aromatic heterocycles. The van der Waals surface area contributed by atoms with Gasteiger partial charge in [-0.1, -0.05) is 71.2 Å². The molecule has 1 N–H and O–H groups in total. The Kier molecular flexibility index (Phi) is 12.9. The molecule has 7 heterocycles. The number of aromatic nitrogens is 8. The summed E-state index contributed by atoms with van der Waals surface area (Å²) in [5.74, 6) is 0. The van der Waals surface area contributed by atoms with Crippen LogP contribution in [0.3, 0.4) is 0 Å². The van der Waals surface area contributed by atoms with Crippen molar-refractivity contribution in [1.82, 2.24) is 38.2 Å². The number of rotatable bonds is 8. The highest BCUT2D eigenvalue weighted by atomic mass is 35.5. The maximum Gasteiger partial charge on any atom is 0.493 e. The van der Waals surface area contributed by atoms with Crippen LogP contribution in [0.5, 0.6) is 0 Å². The molecule has 11 nitrogen and oxygen atoms in total. The Labute approximate surface area is 421 Å². The predicted octanol–water partition coefficient (Wildman–Crippen LogP) is 11.8. The van der Waals surface area contributed by atoms with Crippen molar-refractivity contribution < 1.29 is 18.3 Å². The van der Waals surface area contributed by atoms with Gasteiger partial charge < -0.3 is 14.2 Å². The van der Waals surface area contributed by atoms with E-state index in [4.69, 9.17) is 51.4 Å². The van der Waals surface area contributed by atoms with E-state index in [0.29, 0.717) is 37.5 Å². The molecule has 0 aliphatic rings. The van der Waals surface area contributed by atoms with Crippen molar-refractivity contribution in [2.45, 2.75) is 23.7 Å². The van der Waals surface area contributed by atoms with Crippen LogP contribution in [0.25, 0.3) is 43.6 Å². The van der Waals surface area contributed by atoms with Gasteiger partial charge in [0.15, 0.2) is 11.2 Å². The van der Waals surface area contributed by atoms with E-state index in [1.807, 2.05) is 54.9 Å². The summed E-state index contributed by atoms with van der Waals surface area (Å²) in [5.41, 5.74) is 1.45. The van der Waals surface area contributed by atoms with Crippen LogP contribution in [0.1, 0.15) is 38.5 Å². The molecule has 70 heavy (non-hydrogen) atoms. The molecule has 10 rings (SSSR count). The summed E-state index contributed by atoms with van der Waals surface area (Å²) in [6.07, 6.45) is 4.26. The topological polar surface area (TPSA) is 126 Å². The van der Waals surface area contributed by atoms with E-state index in [2.05, 4.69) is 21.0 Å². The van der Waals surface area contributed by atoms with Crippen molar-refractivity contribution in [3.63, 3.8) is 0 Å². The fourth-order valence-corrected chi connectivity index (χ4v) is 10.3. The highest BCUT2D eigenvalue weighted by Crippen LogP contribution is 2.45. The predicted molar refractivity (Wildman–Crippen MR) is 270 cm³/mol. The van der Waals surface area contributed by atoms with Crippen molar-refractivity contribution in [2.75, 3.05) is 0 Å². The number of benzene rings is 3. The Hall–Kier alpha value is -6.59. The highest BCUT2D eigenvalue weighted by Gasteiger charge is 2.40. The van der Waals surface area contributed by atoms with Crippen LogP contribution >= 0.6 is 57.7 Å². The third-order valence-electron chi connectivity index (χ3n) is 12.0. The number of hydrogen-bond acceptors (Lipinski definition) is 8. The summed E-state index contributed by atoms with van der Waals surface area (Å²) < 4.78 is 46.5. The molecule has 0 saturated heterocycles. The maximum absolute atomic E-state index is 13.9. The molecule has 19 heteroatoms. The van der Waals surface area contributed by atoms with Crippen molar-refractivity contribution in [3.05, 3.63) is 221 Å². The Morgan fingerprint density at radius 3 is 1.76 bits per heavy atom. The van der Waals surface area contributed by atoms with E-state index in [1.165, 1.54) is 29.5 Å². The molecule has 0 bridgehead atoms. The van der Waals surface area contributed by atoms with Crippen molar-refractivity contribution >= 4 is 79.8 Å². The van der Waals surface area contributed by atoms with Gasteiger partial charge in [0.1, 0.15) is 10.5 Å². The van der Waals surface area contributed by atoms with Crippen LogP contribution in [0.2, 0.25) is 15.1 Å². The van der Waals surface area contributed by atoms with Gasteiger partial charge in [0, 0.05) is 98.0 Å². The third-order valence-corrected chi connectivity index (χ3v) is 14.4. The minimum Gasteiger partial charge on any atom is -0.374 e. The Bertz CT molecular complexity index is 3740. The van der Waals surface area contributed by atoms with Crippen LogP contribution in [-0.4, -0.2) is 43.3 Å². The molecule has 354 valence electrons. The van der Waals surface area contributed by atoms with Crippen molar-refractivity contribution in [2.24, 2.45) is 21.1 Å². The van der Waals surface area contributed by atoms with E-state index in [0.717, 1.165) is 44.9 Å². The second kappa shape index (κ2) is 18.6. The van der Waals surface area contributed by atoms with Gasteiger partial charge in [-0.3, -0.25) is 14.2 Å². The molecule has 0 saturated carbocycles. The molecule has 0 unspecified atom stereocenters. The average molecular weight is 1040 g/mol. The lowest BCUT2D eigenvalue weighted by molar-refractivity contribution is -0.203. The van der Waals surface area contributed by atoms with Gasteiger partial charge >= 0.3 is 6.30 Å². The first-order valence-electron chi connectivity index (χ1n) is 21.1. The van der Waals surface area contributed by atoms with E-state index < -0.39 is 28.0 Å². The summed E-state index contributed by atoms with van der Waals surface area (Å²) in [6.45, 7) is 2.05. The lowest BCUT2D eigenvalue weighted by Crippen LogP contribution is -2.33. The standard InChI is InChI=1S/C26H17Cl2F3N4O2.C25H20Cl2N4OS/c1-34-14-32-13-22(34)25(37,16-5-7-18(27)8-6-16)17-10-21-20(15-3-2-4-19(28)9-15)11-23(36)35(26(29,30)31)24(21)33-12-17;1-15-4-9-21(33-15)19-11-23(32)31(3)24-20(19)10-17(12-29-24)25(27,22-13-28-14-30(22)2)16-5-7-18(26)8-6-16/h2-14,37H,1H3;4-14H,1-3H3/t2*25-/m11/s1. The average Bonchev–Trinajstić information content (AvgIpc) is 4.10. The Balaban J connectivity index is 0.000000175. The zero-order valence-electron chi connectivity index (χ0n) is 37.3. The largest absolute Gasteiger partial charge is 0.493 e. The Morgan fingerprint density at radius 2 is 1.17 bits per heavy atom. The van der Waals surface area contributed by atoms with Gasteiger partial charge in [-0.15, -0.1) is 36.1 Å². The lowest BCUT2D eigenvalue weighted by Gasteiger charge is -2.30. The molecule has 2 atom stereocenters. The minimum atomic E-state index is -5.02. The molecule has 0 radical (unpaired) electrons. The quantitative estimate of drug-likeness (QED) is 0.150. The third kappa shape index (κ3) is 8.71. The first-order chi connectivity index (χ1) is 33.3. The normalized spacial score (nSPS) is 13.5. The van der Waals surface area contributed by atoms with Gasteiger partial charge in [-0.05, 0) is 89.8 Å². The zero-order chi connectivity index (χ0) is 49.9. The fourth-order valence-electron chi connectivity index (χ4n) is 8.53. The Morgan fingerprint density at radius 1 is 0.600 bits per heavy atom. The van der Waals surface area contributed by atoms with Gasteiger partial charge in [-0.2, -0.15) is 0 Å². The maximum atomic E-state index is 13.9. The number of thiophene rings is 1. The molecular formula is C51H37Cl4F3N8O3S. The number of pyridine rings is 4. The lowest BCUT2D eigenvalue weighted by atomic mass is 9.83. The van der Waals surface area contributed by atoms with Crippen LogP contribution in [0.4, 0.5) is 13.2 Å². The molecule has 0 spiro atoms. The van der Waals surface area contributed by atoms with Crippen molar-refractivity contribution in [3.8, 4) is 21.6 Å². The first kappa shape index (κ1) is 48.4. The van der Waals surface area contributed by atoms with Crippen LogP contribution < -0.4 is 11.1 Å². The second-order valence-corrected chi connectivity index (χ2v) is 19.6. The fraction of sp³-hybridized carbons (Fsp3) is 0.137. The molecule has 0 fully saturated rings. The van der Waals surface area contributed by atoms with Crippen LogP contribution in [0.15, 0.2) is 156 Å². The number of fused-ring (bicyclic) bond motifs is 2. The van der Waals surface area contributed by atoms with Gasteiger partial charge in [-0.25, -0.2) is 24.5 Å². The molecule has 3 aromatic carbocycles. The van der Waals surface area contributed by atoms with Gasteiger partial charge in [0.05, 0.1) is 36.4 Å². The van der Waals surface area contributed by atoms with E-state index >= 15 is 0 Å². The number of halogens is 7. The number of imidazole rings is 2. The molecule has 0 aliphatic carbocycles. The number of hydrogen-bond donors (Lipinski definition) is 1. The summed E-state index contributed by atoms with van der Waals surface area (Å²) >= 11 is 27.5. The molecule has 0 amide bonds. The summed E-state index contributed by atoms with van der Waals surface area (Å²) in [5, 5.41) is 14.4. The smallest absolute Gasteiger partial charge is 0.374 e. The number of aliphatic hydroxyl groups is 1. The minimum absolute atomic E-state index is 0.00810. The van der Waals surface area contributed by atoms with E-state index in [-0.39, 0.29) is 26.6 Å². The summed E-state index contributed by atoms with van der Waals surface area (Å²) in [7, 11) is 5.32. The molecular weight excluding hydrogens is 1000 g/mol. The second-order valence-electron chi connectivity index (χ2n) is 16.4. The van der Waals surface area contributed by atoms with Gasteiger partial charge in [0.25, 0.3) is 11.1 Å². The first-order valence-corrected chi connectivity index (χ1v) is 23.4. The summed E-state index contributed by atoms with van der Waals surface area (Å²) in [4.78, 5) is 43.6. The zero-order valence-corrected chi connectivity index (χ0v) is 41.1. The molecule has 0 aliphatic heterocycles. The van der Waals surface area contributed by atoms with Crippen LogP contribution in [0, 0.1) is 6.92 Å². The monoisotopic (exact) mass is 1040 g/mol. The number of alkyl halides is 4. The number of nitrogens with zero attached hydrogens (tertiary/aromatic N) is 8. The van der Waals surface area contributed by atoms with Gasteiger partial charge in [0.2, 0.25) is 0 Å². The van der Waals surface area contributed by atoms with Crippen LogP contribution in [-0.2, 0) is 37.9 Å².